The molecule has 4 nitrogen and oxygen atoms in total. The Hall–Kier alpha value is -4.14. The van der Waals surface area contributed by atoms with E-state index < -0.39 is 7.25 Å². The Labute approximate surface area is 319 Å². The topological polar surface area (TPSA) is 13.0 Å². The Morgan fingerprint density at radius 2 is 0.481 bits per heavy atom. The van der Waals surface area contributed by atoms with Crippen molar-refractivity contribution in [1.82, 2.24) is 0 Å². The van der Waals surface area contributed by atoms with Crippen LogP contribution < -0.4 is 19.6 Å². The predicted molar refractivity (Wildman–Crippen MR) is 210 cm³/mol. The van der Waals surface area contributed by atoms with Gasteiger partial charge in [0.1, 0.15) is 0 Å². The summed E-state index contributed by atoms with van der Waals surface area (Å²) in [5.41, 5.74) is 20.8. The molecule has 2 aliphatic rings. The Kier molecular flexibility index (Phi) is 13.9. The van der Waals surface area contributed by atoms with Crippen LogP contribution >= 0.6 is 0 Å². The molecule has 0 amide bonds. The van der Waals surface area contributed by atoms with Crippen molar-refractivity contribution in [2.75, 3.05) is 19.6 Å². The van der Waals surface area contributed by atoms with E-state index in [1.807, 2.05) is 0 Å². The number of nitrogens with zero attached hydrogens (tertiary/aromatic N) is 4. The molecule has 6 rings (SSSR count). The van der Waals surface area contributed by atoms with Crippen molar-refractivity contribution in [3.63, 3.8) is 0 Å². The molecule has 0 spiro atoms. The molecule has 0 saturated heterocycles. The first kappa shape index (κ1) is 42.3. The predicted octanol–water partition coefficient (Wildman–Crippen LogP) is 12.2. The van der Waals surface area contributed by atoms with E-state index >= 15 is 0 Å². The van der Waals surface area contributed by atoms with Gasteiger partial charge in [0.15, 0.2) is 0 Å². The second kappa shape index (κ2) is 17.1. The summed E-state index contributed by atoms with van der Waals surface area (Å²) in [6.07, 6.45) is 8.57. The minimum Gasteiger partial charge on any atom is -0.479 e. The quantitative estimate of drug-likeness (QED) is 0.117. The maximum absolute atomic E-state index is 9.75. The molecule has 0 N–H and O–H groups in total. The molecule has 10 heteroatoms. The molecule has 0 saturated carbocycles. The van der Waals surface area contributed by atoms with Crippen molar-refractivity contribution >= 4 is 30.0 Å². The van der Waals surface area contributed by atoms with E-state index in [-0.39, 0.29) is 17.1 Å². The van der Waals surface area contributed by atoms with Gasteiger partial charge in [-0.2, -0.15) is 0 Å². The fourth-order valence-electron chi connectivity index (χ4n) is 7.56. The first-order valence-electron chi connectivity index (χ1n) is 17.1. The monoisotopic (exact) mass is 760 g/mol. The second-order valence-corrected chi connectivity index (χ2v) is 13.9. The maximum atomic E-state index is 9.75. The van der Waals surface area contributed by atoms with Gasteiger partial charge >= 0.3 is 24.3 Å². The first-order valence-corrected chi connectivity index (χ1v) is 17.1. The number of anilines is 4. The average molecular weight is 761 g/mol. The number of aryl methyl sites for hydroxylation is 12. The third-order valence-corrected chi connectivity index (χ3v) is 8.85. The molecule has 0 fully saturated rings. The smallest absolute Gasteiger partial charge is 0.479 e. The second-order valence-electron chi connectivity index (χ2n) is 13.9. The third kappa shape index (κ3) is 10.5. The summed E-state index contributed by atoms with van der Waals surface area (Å²) >= 11 is 0. The van der Waals surface area contributed by atoms with E-state index in [1.165, 1.54) is 89.5 Å². The van der Waals surface area contributed by atoms with Crippen LogP contribution in [0.25, 0.3) is 0 Å². The van der Waals surface area contributed by atoms with E-state index in [4.69, 9.17) is 0 Å². The van der Waals surface area contributed by atoms with E-state index in [9.17, 15) is 17.3 Å². The molecule has 4 aromatic rings. The Bertz CT molecular complexity index is 1610. The number of rotatable bonds is 4. The third-order valence-electron chi connectivity index (χ3n) is 8.85. The summed E-state index contributed by atoms with van der Waals surface area (Å²) in [7, 11) is -6.00. The van der Waals surface area contributed by atoms with Gasteiger partial charge in [-0.1, -0.05) is 70.8 Å². The Morgan fingerprint density at radius 3 is 0.615 bits per heavy atom. The van der Waals surface area contributed by atoms with Crippen molar-refractivity contribution in [3.05, 3.63) is 153 Å². The van der Waals surface area contributed by atoms with Gasteiger partial charge in [0.05, 0.1) is 0 Å². The zero-order valence-electron chi connectivity index (χ0n) is 32.3. The van der Waals surface area contributed by atoms with Crippen LogP contribution in [0.3, 0.4) is 0 Å². The number of hydrogen-bond donors (Lipinski definition) is 0. The van der Waals surface area contributed by atoms with Gasteiger partial charge in [-0.15, -0.1) is 13.3 Å². The van der Waals surface area contributed by atoms with E-state index in [1.54, 1.807) is 0 Å². The molecule has 2 aliphatic heterocycles. The summed E-state index contributed by atoms with van der Waals surface area (Å²) in [4.78, 5) is 8.90. The summed E-state index contributed by atoms with van der Waals surface area (Å²) in [5.74, 6) is 0. The van der Waals surface area contributed by atoms with Crippen molar-refractivity contribution in [1.29, 1.82) is 0 Å². The SMILES string of the molecule is Cc1cc(C)c(N2C=CN(c3c(C)cc(C)cc3C)[CH-]2)c(C)c1.Cc1cc(C)c(N2C=CN(c3c(C)cc(C)cc3C)[CH-]2)c(C)c1.F[B-](F)(F)F.[Cu+]. The molecular formula is C42H50BCuF4N4-2. The first-order chi connectivity index (χ1) is 23.7. The molecular weight excluding hydrogens is 711 g/mol. The fraction of sp³-hybridized carbons (Fsp3) is 0.286. The van der Waals surface area contributed by atoms with E-state index in [0.717, 1.165) is 0 Å². The minimum absolute atomic E-state index is 0. The normalized spacial score (nSPS) is 13.5. The van der Waals surface area contributed by atoms with Gasteiger partial charge in [0, 0.05) is 22.7 Å². The molecule has 282 valence electrons. The molecule has 0 bridgehead atoms. The summed E-state index contributed by atoms with van der Waals surface area (Å²) in [6, 6.07) is 18.0. The van der Waals surface area contributed by atoms with E-state index in [0.29, 0.717) is 0 Å². The van der Waals surface area contributed by atoms with E-state index in [2.05, 4.69) is 189 Å². The van der Waals surface area contributed by atoms with Crippen molar-refractivity contribution in [2.24, 2.45) is 0 Å². The van der Waals surface area contributed by atoms with Gasteiger partial charge < -0.3 is 36.9 Å². The van der Waals surface area contributed by atoms with Crippen LogP contribution in [-0.4, -0.2) is 7.25 Å². The zero-order chi connectivity index (χ0) is 37.9. The number of benzene rings is 4. The Morgan fingerprint density at radius 1 is 0.346 bits per heavy atom. The molecule has 0 aromatic heterocycles. The summed E-state index contributed by atoms with van der Waals surface area (Å²) in [6.45, 7) is 30.4. The van der Waals surface area contributed by atoms with Gasteiger partial charge in [0.2, 0.25) is 0 Å². The maximum Gasteiger partial charge on any atom is 1.00 e. The number of hydrogen-bond acceptors (Lipinski definition) is 4. The van der Waals surface area contributed by atoms with Crippen LogP contribution in [0.1, 0.15) is 66.8 Å². The fourth-order valence-corrected chi connectivity index (χ4v) is 7.56. The van der Waals surface area contributed by atoms with Crippen LogP contribution in [-0.2, 0) is 17.1 Å². The van der Waals surface area contributed by atoms with Crippen molar-refractivity contribution < 1.29 is 34.3 Å². The average Bonchev–Trinajstić information content (AvgIpc) is 3.61. The largest absolute Gasteiger partial charge is 1.00 e. The van der Waals surface area contributed by atoms with Crippen LogP contribution in [0.15, 0.2) is 73.3 Å². The van der Waals surface area contributed by atoms with Crippen LogP contribution in [0.2, 0.25) is 0 Å². The molecule has 0 aliphatic carbocycles. The van der Waals surface area contributed by atoms with Gasteiger partial charge in [-0.3, -0.25) is 0 Å². The van der Waals surface area contributed by atoms with Gasteiger partial charge in [-0.25, -0.2) is 0 Å². The molecule has 0 radical (unpaired) electrons. The number of halogens is 4. The summed E-state index contributed by atoms with van der Waals surface area (Å²) in [5, 5.41) is 0. The van der Waals surface area contributed by atoms with Crippen LogP contribution in [0.4, 0.5) is 40.0 Å². The Balaban J connectivity index is 0.000000244. The standard InChI is InChI=1S/2C21H25N2.BF4.Cu/c2*1-14-9-16(3)20(17(4)10-14)22-7-8-23(13-22)21-18(5)11-15(2)12-19(21)6;2-1(3,4)5;/h2*7-13H,1-6H3;;/q3*-1;+1. The van der Waals surface area contributed by atoms with Crippen LogP contribution in [0, 0.1) is 96.4 Å². The minimum atomic E-state index is -6.00. The molecule has 4 aromatic carbocycles. The van der Waals surface area contributed by atoms with Gasteiger partial charge in [-0.05, 0) is 152 Å². The van der Waals surface area contributed by atoms with Crippen molar-refractivity contribution in [2.45, 2.75) is 83.1 Å². The molecule has 0 unspecified atom stereocenters. The molecule has 0 atom stereocenters. The van der Waals surface area contributed by atoms with Gasteiger partial charge in [0.25, 0.3) is 0 Å². The zero-order valence-corrected chi connectivity index (χ0v) is 33.2. The molecule has 52 heavy (non-hydrogen) atoms. The van der Waals surface area contributed by atoms with Crippen molar-refractivity contribution in [3.8, 4) is 0 Å². The van der Waals surface area contributed by atoms with Crippen LogP contribution in [0.5, 0.6) is 0 Å². The molecule has 2 heterocycles. The summed E-state index contributed by atoms with van der Waals surface area (Å²) < 4.78 is 39.0.